The first-order valence-corrected chi connectivity index (χ1v) is 9.30. The number of hydrogen-bond acceptors (Lipinski definition) is 5. The Bertz CT molecular complexity index is 616. The molecule has 1 amide bonds. The van der Waals surface area contributed by atoms with E-state index in [-0.39, 0.29) is 29.5 Å². The van der Waals surface area contributed by atoms with Crippen molar-refractivity contribution in [1.29, 1.82) is 0 Å². The van der Waals surface area contributed by atoms with Crippen LogP contribution in [0.1, 0.15) is 27.2 Å². The molecule has 0 radical (unpaired) electrons. The van der Waals surface area contributed by atoms with Crippen molar-refractivity contribution in [3.8, 4) is 5.75 Å². The monoisotopic (exact) mass is 358 g/mol. The van der Waals surface area contributed by atoms with Gasteiger partial charge in [-0.1, -0.05) is 6.92 Å². The quantitative estimate of drug-likeness (QED) is 0.657. The maximum Gasteiger partial charge on any atom is 0.258 e. The molecule has 0 saturated carbocycles. The third-order valence-corrected chi connectivity index (χ3v) is 4.90. The van der Waals surface area contributed by atoms with Crippen LogP contribution in [-0.4, -0.2) is 46.7 Å². The summed E-state index contributed by atoms with van der Waals surface area (Å²) in [5, 5.41) is 2.72. The van der Waals surface area contributed by atoms with Crippen molar-refractivity contribution in [3.05, 3.63) is 24.3 Å². The summed E-state index contributed by atoms with van der Waals surface area (Å²) in [5.41, 5.74) is 0. The van der Waals surface area contributed by atoms with Gasteiger partial charge < -0.3 is 14.8 Å². The van der Waals surface area contributed by atoms with Crippen LogP contribution in [0.15, 0.2) is 29.2 Å². The number of rotatable bonds is 10. The van der Waals surface area contributed by atoms with Gasteiger partial charge in [-0.05, 0) is 44.5 Å². The second-order valence-electron chi connectivity index (χ2n) is 5.61. The number of carbonyl (C=O) groups is 1. The van der Waals surface area contributed by atoms with Crippen molar-refractivity contribution in [2.45, 2.75) is 44.2 Å². The summed E-state index contributed by atoms with van der Waals surface area (Å²) in [4.78, 5) is 11.8. The van der Waals surface area contributed by atoms with Gasteiger partial charge in [-0.15, -0.1) is 0 Å². The molecule has 0 aromatic heterocycles. The highest BCUT2D eigenvalue weighted by atomic mass is 32.2. The van der Waals surface area contributed by atoms with Crippen LogP contribution >= 0.6 is 0 Å². The minimum atomic E-state index is -3.54. The van der Waals surface area contributed by atoms with E-state index >= 15 is 0 Å². The van der Waals surface area contributed by atoms with E-state index in [4.69, 9.17) is 9.47 Å². The van der Waals surface area contributed by atoms with Gasteiger partial charge in [0.2, 0.25) is 10.0 Å². The molecule has 0 bridgehead atoms. The maximum atomic E-state index is 12.1. The number of methoxy groups -OCH3 is 1. The minimum Gasteiger partial charge on any atom is -0.484 e. The lowest BCUT2D eigenvalue weighted by atomic mass is 10.3. The predicted octanol–water partition coefficient (Wildman–Crippen LogP) is 1.29. The molecule has 1 aromatic carbocycles. The van der Waals surface area contributed by atoms with Crippen LogP contribution < -0.4 is 14.8 Å². The number of hydrogen-bond donors (Lipinski definition) is 2. The van der Waals surface area contributed by atoms with E-state index in [1.807, 2.05) is 13.8 Å². The second kappa shape index (κ2) is 9.61. The highest BCUT2D eigenvalue weighted by molar-refractivity contribution is 7.89. The molecule has 1 rings (SSSR count). The van der Waals surface area contributed by atoms with Gasteiger partial charge in [-0.25, -0.2) is 13.1 Å². The zero-order valence-corrected chi connectivity index (χ0v) is 15.4. The largest absolute Gasteiger partial charge is 0.484 e. The average molecular weight is 358 g/mol. The van der Waals surface area contributed by atoms with Crippen molar-refractivity contribution in [2.75, 3.05) is 20.3 Å². The van der Waals surface area contributed by atoms with Crippen molar-refractivity contribution < 1.29 is 22.7 Å². The molecule has 2 atom stereocenters. The minimum absolute atomic E-state index is 0.106. The maximum absolute atomic E-state index is 12.1. The van der Waals surface area contributed by atoms with Crippen LogP contribution in [0.25, 0.3) is 0 Å². The normalized spacial score (nSPS) is 14.0. The van der Waals surface area contributed by atoms with E-state index in [0.717, 1.165) is 0 Å². The lowest BCUT2D eigenvalue weighted by Gasteiger charge is -2.14. The van der Waals surface area contributed by atoms with Gasteiger partial charge in [-0.2, -0.15) is 0 Å². The van der Waals surface area contributed by atoms with E-state index < -0.39 is 10.0 Å². The van der Waals surface area contributed by atoms with E-state index in [9.17, 15) is 13.2 Å². The standard InChI is InChI=1S/C16H26N2O5S/c1-5-12(2)18-24(20,21)15-8-6-14(7-9-15)23-11-16(19)17-13(3)10-22-4/h6-9,12-13,18H,5,10-11H2,1-4H3,(H,17,19)/t12-,13+/m0/s1. The average Bonchev–Trinajstić information content (AvgIpc) is 2.53. The van der Waals surface area contributed by atoms with Crippen LogP contribution in [0.4, 0.5) is 0 Å². The first-order valence-electron chi connectivity index (χ1n) is 7.82. The van der Waals surface area contributed by atoms with Crippen LogP contribution in [0, 0.1) is 0 Å². The van der Waals surface area contributed by atoms with Gasteiger partial charge in [0.1, 0.15) is 5.75 Å². The third kappa shape index (κ3) is 6.86. The van der Waals surface area contributed by atoms with Crippen molar-refractivity contribution in [3.63, 3.8) is 0 Å². The topological polar surface area (TPSA) is 93.7 Å². The first kappa shape index (κ1) is 20.4. The molecular formula is C16H26N2O5S. The molecular weight excluding hydrogens is 332 g/mol. The fourth-order valence-corrected chi connectivity index (χ4v) is 3.22. The smallest absolute Gasteiger partial charge is 0.258 e. The van der Waals surface area contributed by atoms with Crippen LogP contribution in [0.5, 0.6) is 5.75 Å². The van der Waals surface area contributed by atoms with Crippen molar-refractivity contribution in [2.24, 2.45) is 0 Å². The molecule has 0 spiro atoms. The molecule has 0 aliphatic rings. The van der Waals surface area contributed by atoms with Gasteiger partial charge >= 0.3 is 0 Å². The Balaban J connectivity index is 2.57. The number of ether oxygens (including phenoxy) is 2. The van der Waals surface area contributed by atoms with Gasteiger partial charge in [0.25, 0.3) is 5.91 Å². The van der Waals surface area contributed by atoms with E-state index in [2.05, 4.69) is 10.0 Å². The number of sulfonamides is 1. The number of nitrogens with one attached hydrogen (secondary N) is 2. The van der Waals surface area contributed by atoms with Gasteiger partial charge in [-0.3, -0.25) is 4.79 Å². The fraction of sp³-hybridized carbons (Fsp3) is 0.562. The summed E-state index contributed by atoms with van der Waals surface area (Å²) in [5.74, 6) is 0.154. The summed E-state index contributed by atoms with van der Waals surface area (Å²) in [6, 6.07) is 5.71. The molecule has 0 aliphatic carbocycles. The molecule has 24 heavy (non-hydrogen) atoms. The zero-order valence-electron chi connectivity index (χ0n) is 14.5. The third-order valence-electron chi connectivity index (χ3n) is 3.30. The Hall–Kier alpha value is -1.64. The molecule has 0 saturated heterocycles. The number of carbonyl (C=O) groups excluding carboxylic acids is 1. The van der Waals surface area contributed by atoms with E-state index in [1.165, 1.54) is 24.3 Å². The molecule has 0 unspecified atom stereocenters. The zero-order chi connectivity index (χ0) is 18.2. The summed E-state index contributed by atoms with van der Waals surface area (Å²) < 4.78 is 37.1. The summed E-state index contributed by atoms with van der Waals surface area (Å²) in [7, 11) is -1.98. The van der Waals surface area contributed by atoms with Crippen LogP contribution in [0.2, 0.25) is 0 Å². The van der Waals surface area contributed by atoms with Gasteiger partial charge in [0.15, 0.2) is 6.61 Å². The van der Waals surface area contributed by atoms with Crippen molar-refractivity contribution in [1.82, 2.24) is 10.0 Å². The molecule has 0 fully saturated rings. The summed E-state index contributed by atoms with van der Waals surface area (Å²) in [6.07, 6.45) is 0.705. The second-order valence-corrected chi connectivity index (χ2v) is 7.33. The van der Waals surface area contributed by atoms with E-state index in [1.54, 1.807) is 14.0 Å². The highest BCUT2D eigenvalue weighted by Gasteiger charge is 2.16. The lowest BCUT2D eigenvalue weighted by Crippen LogP contribution is -2.38. The molecule has 0 aliphatic heterocycles. The Morgan fingerprint density at radius 3 is 2.33 bits per heavy atom. The number of amides is 1. The van der Waals surface area contributed by atoms with E-state index in [0.29, 0.717) is 18.8 Å². The molecule has 1 aromatic rings. The molecule has 8 heteroatoms. The van der Waals surface area contributed by atoms with Gasteiger partial charge in [0.05, 0.1) is 11.5 Å². The highest BCUT2D eigenvalue weighted by Crippen LogP contribution is 2.16. The van der Waals surface area contributed by atoms with Crippen LogP contribution in [0.3, 0.4) is 0 Å². The SMILES string of the molecule is CC[C@H](C)NS(=O)(=O)c1ccc(OCC(=O)N[C@H](C)COC)cc1. The fourth-order valence-electron chi connectivity index (χ4n) is 1.89. The van der Waals surface area contributed by atoms with Crippen LogP contribution in [-0.2, 0) is 19.6 Å². The number of benzene rings is 1. The molecule has 0 heterocycles. The Kier molecular flexibility index (Phi) is 8.17. The molecule has 2 N–H and O–H groups in total. The Morgan fingerprint density at radius 2 is 1.79 bits per heavy atom. The lowest BCUT2D eigenvalue weighted by molar-refractivity contribution is -0.124. The molecule has 136 valence electrons. The van der Waals surface area contributed by atoms with Gasteiger partial charge in [0, 0.05) is 19.2 Å². The Labute approximate surface area is 143 Å². The predicted molar refractivity (Wildman–Crippen MR) is 91.5 cm³/mol. The van der Waals surface area contributed by atoms with Crippen molar-refractivity contribution >= 4 is 15.9 Å². The summed E-state index contributed by atoms with van der Waals surface area (Å²) in [6.45, 7) is 5.80. The Morgan fingerprint density at radius 1 is 1.17 bits per heavy atom. The molecule has 7 nitrogen and oxygen atoms in total. The summed E-state index contributed by atoms with van der Waals surface area (Å²) >= 11 is 0. The first-order chi connectivity index (χ1) is 11.3.